The predicted molar refractivity (Wildman–Crippen MR) is 60.2 cm³/mol. The maximum Gasteiger partial charge on any atom is 0.0991 e. The number of rotatable bonds is 3. The van der Waals surface area contributed by atoms with E-state index in [4.69, 9.17) is 11.0 Å². The lowest BCUT2D eigenvalue weighted by molar-refractivity contribution is 0.638. The first-order valence-corrected chi connectivity index (χ1v) is 4.53. The molecule has 3 heteroatoms. The molecular weight excluding hydrogens is 196 g/mol. The van der Waals surface area contributed by atoms with Crippen LogP contribution < -0.4 is 5.73 Å². The zero-order valence-corrected chi connectivity index (χ0v) is 9.05. The molecule has 0 aliphatic rings. The molecule has 1 aromatic carbocycles. The van der Waals surface area contributed by atoms with Crippen LogP contribution >= 0.6 is 12.4 Å². The van der Waals surface area contributed by atoms with Gasteiger partial charge in [0.05, 0.1) is 11.6 Å². The summed E-state index contributed by atoms with van der Waals surface area (Å²) in [6.07, 6.45) is 2.08. The van der Waals surface area contributed by atoms with E-state index in [1.807, 2.05) is 24.3 Å². The Bertz CT molecular complexity index is 300. The minimum absolute atomic E-state index is 0. The van der Waals surface area contributed by atoms with Crippen LogP contribution in [0.4, 0.5) is 0 Å². The molecule has 0 spiro atoms. The molecule has 0 fully saturated rings. The van der Waals surface area contributed by atoms with Crippen LogP contribution in [0.25, 0.3) is 0 Å². The third-order valence-corrected chi connectivity index (χ3v) is 2.07. The number of hydrogen-bond acceptors (Lipinski definition) is 2. The SMILES string of the molecule is CCC[C@@H](N)c1ccc(C#N)cc1.Cl. The van der Waals surface area contributed by atoms with Gasteiger partial charge >= 0.3 is 0 Å². The fourth-order valence-electron chi connectivity index (χ4n) is 1.28. The fourth-order valence-corrected chi connectivity index (χ4v) is 1.28. The largest absolute Gasteiger partial charge is 0.324 e. The van der Waals surface area contributed by atoms with E-state index in [1.54, 1.807) is 0 Å². The molecule has 76 valence electrons. The zero-order valence-electron chi connectivity index (χ0n) is 8.23. The Morgan fingerprint density at radius 2 is 1.93 bits per heavy atom. The first kappa shape index (κ1) is 13.0. The maximum absolute atomic E-state index is 8.59. The molecule has 0 saturated heterocycles. The predicted octanol–water partition coefficient (Wildman–Crippen LogP) is 2.78. The molecule has 2 N–H and O–H groups in total. The minimum Gasteiger partial charge on any atom is -0.324 e. The Morgan fingerprint density at radius 1 is 1.36 bits per heavy atom. The van der Waals surface area contributed by atoms with Gasteiger partial charge in [-0.15, -0.1) is 12.4 Å². The third kappa shape index (κ3) is 3.37. The molecule has 0 aromatic heterocycles. The lowest BCUT2D eigenvalue weighted by Gasteiger charge is -2.09. The Balaban J connectivity index is 0.00000169. The highest BCUT2D eigenvalue weighted by Gasteiger charge is 2.03. The second kappa shape index (κ2) is 6.42. The molecule has 0 bridgehead atoms. The lowest BCUT2D eigenvalue weighted by atomic mass is 10.0. The van der Waals surface area contributed by atoms with Crippen molar-refractivity contribution in [2.75, 3.05) is 0 Å². The highest BCUT2D eigenvalue weighted by atomic mass is 35.5. The van der Waals surface area contributed by atoms with Gasteiger partial charge in [-0.05, 0) is 24.1 Å². The molecule has 0 saturated carbocycles. The third-order valence-electron chi connectivity index (χ3n) is 2.07. The quantitative estimate of drug-likeness (QED) is 0.834. The van der Waals surface area contributed by atoms with Crippen molar-refractivity contribution >= 4 is 12.4 Å². The van der Waals surface area contributed by atoms with E-state index in [1.165, 1.54) is 0 Å². The van der Waals surface area contributed by atoms with E-state index in [2.05, 4.69) is 13.0 Å². The van der Waals surface area contributed by atoms with E-state index in [9.17, 15) is 0 Å². The molecule has 14 heavy (non-hydrogen) atoms. The maximum atomic E-state index is 8.59. The normalized spacial score (nSPS) is 11.2. The molecule has 1 atom stereocenters. The van der Waals surface area contributed by atoms with Crippen LogP contribution in [-0.4, -0.2) is 0 Å². The summed E-state index contributed by atoms with van der Waals surface area (Å²) in [5, 5.41) is 8.59. The van der Waals surface area contributed by atoms with Gasteiger partial charge in [-0.3, -0.25) is 0 Å². The molecule has 1 rings (SSSR count). The van der Waals surface area contributed by atoms with Crippen LogP contribution in [0.5, 0.6) is 0 Å². The van der Waals surface area contributed by atoms with Crippen molar-refractivity contribution in [3.63, 3.8) is 0 Å². The van der Waals surface area contributed by atoms with Gasteiger partial charge in [0, 0.05) is 6.04 Å². The first-order chi connectivity index (χ1) is 6.27. The van der Waals surface area contributed by atoms with E-state index in [-0.39, 0.29) is 18.4 Å². The summed E-state index contributed by atoms with van der Waals surface area (Å²) in [5.74, 6) is 0. The van der Waals surface area contributed by atoms with Crippen LogP contribution in [0.2, 0.25) is 0 Å². The van der Waals surface area contributed by atoms with E-state index >= 15 is 0 Å². The van der Waals surface area contributed by atoms with Crippen molar-refractivity contribution in [1.29, 1.82) is 5.26 Å². The highest BCUT2D eigenvalue weighted by molar-refractivity contribution is 5.85. The Kier molecular flexibility index (Phi) is 5.94. The number of halogens is 1. The number of nitrogens with two attached hydrogens (primary N) is 1. The Morgan fingerprint density at radius 3 is 2.36 bits per heavy atom. The molecule has 0 aliphatic heterocycles. The van der Waals surface area contributed by atoms with Crippen molar-refractivity contribution in [2.24, 2.45) is 5.73 Å². The van der Waals surface area contributed by atoms with Gasteiger partial charge in [-0.1, -0.05) is 25.5 Å². The van der Waals surface area contributed by atoms with Crippen molar-refractivity contribution in [1.82, 2.24) is 0 Å². The molecule has 1 aromatic rings. The van der Waals surface area contributed by atoms with Crippen molar-refractivity contribution in [3.05, 3.63) is 35.4 Å². The number of nitrogens with zero attached hydrogens (tertiary/aromatic N) is 1. The number of hydrogen-bond donors (Lipinski definition) is 1. The average Bonchev–Trinajstić information content (AvgIpc) is 2.18. The molecule has 0 aliphatic carbocycles. The monoisotopic (exact) mass is 210 g/mol. The molecule has 2 nitrogen and oxygen atoms in total. The topological polar surface area (TPSA) is 49.8 Å². The summed E-state index contributed by atoms with van der Waals surface area (Å²) in [5.41, 5.74) is 7.71. The van der Waals surface area contributed by atoms with Crippen LogP contribution in [-0.2, 0) is 0 Å². The number of nitriles is 1. The van der Waals surface area contributed by atoms with Gasteiger partial charge in [0.2, 0.25) is 0 Å². The molecule has 0 amide bonds. The van der Waals surface area contributed by atoms with Gasteiger partial charge in [0.1, 0.15) is 0 Å². The Hall–Kier alpha value is -1.04. The molecular formula is C11H15ClN2. The zero-order chi connectivity index (χ0) is 9.68. The smallest absolute Gasteiger partial charge is 0.0991 e. The van der Waals surface area contributed by atoms with E-state index in [0.717, 1.165) is 18.4 Å². The highest BCUT2D eigenvalue weighted by Crippen LogP contribution is 2.15. The summed E-state index contributed by atoms with van der Waals surface area (Å²) in [6, 6.07) is 9.67. The van der Waals surface area contributed by atoms with Crippen molar-refractivity contribution < 1.29 is 0 Å². The van der Waals surface area contributed by atoms with Gasteiger partial charge < -0.3 is 5.73 Å². The average molecular weight is 211 g/mol. The second-order valence-corrected chi connectivity index (χ2v) is 3.13. The van der Waals surface area contributed by atoms with Gasteiger partial charge in [-0.2, -0.15) is 5.26 Å². The second-order valence-electron chi connectivity index (χ2n) is 3.13. The number of benzene rings is 1. The van der Waals surface area contributed by atoms with E-state index in [0.29, 0.717) is 5.56 Å². The standard InChI is InChI=1S/C11H14N2.ClH/c1-2-3-11(13)10-6-4-9(8-12)5-7-10;/h4-7,11H,2-3,13H2,1H3;1H/t11-;/m1./s1. The Labute approximate surface area is 91.1 Å². The fraction of sp³-hybridized carbons (Fsp3) is 0.364. The van der Waals surface area contributed by atoms with Crippen LogP contribution in [0.15, 0.2) is 24.3 Å². The summed E-state index contributed by atoms with van der Waals surface area (Å²) in [4.78, 5) is 0. The van der Waals surface area contributed by atoms with Crippen LogP contribution in [0, 0.1) is 11.3 Å². The van der Waals surface area contributed by atoms with Crippen molar-refractivity contribution in [2.45, 2.75) is 25.8 Å². The lowest BCUT2D eigenvalue weighted by Crippen LogP contribution is -2.09. The summed E-state index contributed by atoms with van der Waals surface area (Å²) in [6.45, 7) is 2.11. The van der Waals surface area contributed by atoms with Crippen molar-refractivity contribution in [3.8, 4) is 6.07 Å². The molecule has 0 radical (unpaired) electrons. The van der Waals surface area contributed by atoms with Gasteiger partial charge in [0.25, 0.3) is 0 Å². The summed E-state index contributed by atoms with van der Waals surface area (Å²) in [7, 11) is 0. The summed E-state index contributed by atoms with van der Waals surface area (Å²) < 4.78 is 0. The first-order valence-electron chi connectivity index (χ1n) is 4.53. The minimum atomic E-state index is 0. The molecule has 0 unspecified atom stereocenters. The van der Waals surface area contributed by atoms with Gasteiger partial charge in [-0.25, -0.2) is 0 Å². The van der Waals surface area contributed by atoms with Gasteiger partial charge in [0.15, 0.2) is 0 Å². The van der Waals surface area contributed by atoms with Crippen LogP contribution in [0.3, 0.4) is 0 Å². The van der Waals surface area contributed by atoms with Crippen LogP contribution in [0.1, 0.15) is 36.9 Å². The van der Waals surface area contributed by atoms with E-state index < -0.39 is 0 Å². The molecule has 0 heterocycles. The summed E-state index contributed by atoms with van der Waals surface area (Å²) >= 11 is 0.